The van der Waals surface area contributed by atoms with Crippen molar-refractivity contribution in [3.63, 3.8) is 0 Å². The average molecular weight is 331 g/mol. The number of rotatable bonds is 4. The summed E-state index contributed by atoms with van der Waals surface area (Å²) >= 11 is 5.32. The molecule has 1 nitrogen and oxygen atoms in total. The van der Waals surface area contributed by atoms with Gasteiger partial charge in [-0.2, -0.15) is 13.2 Å². The van der Waals surface area contributed by atoms with Crippen molar-refractivity contribution in [2.24, 2.45) is 0 Å². The van der Waals surface area contributed by atoms with E-state index in [0.717, 1.165) is 11.1 Å². The lowest BCUT2D eigenvalue weighted by Gasteiger charge is -2.07. The van der Waals surface area contributed by atoms with E-state index in [4.69, 9.17) is 11.6 Å². The van der Waals surface area contributed by atoms with E-state index in [1.807, 2.05) is 0 Å². The molecule has 0 amide bonds. The second-order valence-electron chi connectivity index (χ2n) is 4.21. The number of carbonyl (C=O) groups is 1. The van der Waals surface area contributed by atoms with E-state index < -0.39 is 5.51 Å². The van der Waals surface area contributed by atoms with Crippen molar-refractivity contribution in [1.82, 2.24) is 0 Å². The maximum absolute atomic E-state index is 12.2. The van der Waals surface area contributed by atoms with Crippen LogP contribution in [0.4, 0.5) is 13.2 Å². The molecule has 0 aliphatic carbocycles. The van der Waals surface area contributed by atoms with Crippen LogP contribution < -0.4 is 0 Å². The molecule has 0 aliphatic rings. The number of hydrogen-bond donors (Lipinski definition) is 0. The van der Waals surface area contributed by atoms with Crippen molar-refractivity contribution in [2.45, 2.75) is 10.4 Å². The first-order chi connectivity index (χ1) is 9.89. The van der Waals surface area contributed by atoms with Gasteiger partial charge in [-0.15, -0.1) is 11.6 Å². The molecule has 2 aromatic rings. The number of halogens is 4. The van der Waals surface area contributed by atoms with E-state index >= 15 is 0 Å². The molecule has 0 spiro atoms. The van der Waals surface area contributed by atoms with E-state index in [2.05, 4.69) is 0 Å². The van der Waals surface area contributed by atoms with Gasteiger partial charge in [-0.25, -0.2) is 0 Å². The Balaban J connectivity index is 2.17. The Morgan fingerprint density at radius 1 is 0.952 bits per heavy atom. The molecule has 0 aromatic heterocycles. The van der Waals surface area contributed by atoms with E-state index in [1.54, 1.807) is 36.4 Å². The van der Waals surface area contributed by atoms with Gasteiger partial charge in [-0.3, -0.25) is 4.79 Å². The molecule has 0 aliphatic heterocycles. The van der Waals surface area contributed by atoms with Gasteiger partial charge >= 0.3 is 5.51 Å². The van der Waals surface area contributed by atoms with Crippen LogP contribution >= 0.6 is 23.4 Å². The highest BCUT2D eigenvalue weighted by Gasteiger charge is 2.28. The minimum absolute atomic E-state index is 0.0806. The number of benzene rings is 2. The summed E-state index contributed by atoms with van der Waals surface area (Å²) in [6, 6.07) is 12.9. The van der Waals surface area contributed by atoms with Crippen molar-refractivity contribution in [2.75, 3.05) is 5.88 Å². The Labute approximate surface area is 129 Å². The minimum atomic E-state index is -4.29. The Morgan fingerprint density at radius 2 is 1.43 bits per heavy atom. The standard InChI is InChI=1S/C15H10ClF3OS/c16-9-14(20)12-3-1-10(2-4-12)11-5-7-13(8-6-11)21-15(17,18)19/h1-8H,9H2. The lowest BCUT2D eigenvalue weighted by Crippen LogP contribution is -1.99. The molecule has 2 rings (SSSR count). The normalized spacial score (nSPS) is 11.4. The zero-order valence-corrected chi connectivity index (χ0v) is 12.2. The summed E-state index contributed by atoms with van der Waals surface area (Å²) in [5, 5.41) is 0. The number of carbonyl (C=O) groups excluding carboxylic acids is 1. The van der Waals surface area contributed by atoms with Crippen molar-refractivity contribution < 1.29 is 18.0 Å². The van der Waals surface area contributed by atoms with Crippen molar-refractivity contribution in [3.05, 3.63) is 54.1 Å². The van der Waals surface area contributed by atoms with Gasteiger partial charge in [0.05, 0.1) is 5.88 Å². The van der Waals surface area contributed by atoms with Gasteiger partial charge in [-0.05, 0) is 35.0 Å². The second kappa shape index (κ2) is 6.54. The van der Waals surface area contributed by atoms with Crippen LogP contribution in [0.2, 0.25) is 0 Å². The number of ketones is 1. The lowest BCUT2D eigenvalue weighted by molar-refractivity contribution is -0.0328. The molecule has 0 unspecified atom stereocenters. The third-order valence-electron chi connectivity index (χ3n) is 2.75. The highest BCUT2D eigenvalue weighted by atomic mass is 35.5. The first kappa shape index (κ1) is 15.9. The van der Waals surface area contributed by atoms with Gasteiger partial charge in [0.2, 0.25) is 0 Å². The zero-order chi connectivity index (χ0) is 15.5. The molecule has 2 aromatic carbocycles. The average Bonchev–Trinajstić information content (AvgIpc) is 2.46. The van der Waals surface area contributed by atoms with Gasteiger partial charge in [0.1, 0.15) is 0 Å². The van der Waals surface area contributed by atoms with Crippen molar-refractivity contribution >= 4 is 29.1 Å². The summed E-state index contributed by atoms with van der Waals surface area (Å²) in [5.74, 6) is -0.247. The predicted octanol–water partition coefficient (Wildman–Crippen LogP) is 5.39. The van der Waals surface area contributed by atoms with Gasteiger partial charge in [0, 0.05) is 10.5 Å². The summed E-state index contributed by atoms with van der Waals surface area (Å²) in [6.07, 6.45) is 0. The highest BCUT2D eigenvalue weighted by Crippen LogP contribution is 2.37. The Morgan fingerprint density at radius 3 is 1.86 bits per heavy atom. The van der Waals surface area contributed by atoms with Crippen LogP contribution in [0.25, 0.3) is 11.1 Å². The molecule has 0 radical (unpaired) electrons. The molecule has 0 saturated carbocycles. The van der Waals surface area contributed by atoms with Crippen LogP contribution in [0.15, 0.2) is 53.4 Å². The van der Waals surface area contributed by atoms with Crippen molar-refractivity contribution in [1.29, 1.82) is 0 Å². The van der Waals surface area contributed by atoms with Crippen molar-refractivity contribution in [3.8, 4) is 11.1 Å². The molecule has 0 fully saturated rings. The Hall–Kier alpha value is -1.46. The monoisotopic (exact) mass is 330 g/mol. The third-order valence-corrected chi connectivity index (χ3v) is 3.73. The molecule has 6 heteroatoms. The number of alkyl halides is 4. The smallest absolute Gasteiger partial charge is 0.293 e. The van der Waals surface area contributed by atoms with Crippen LogP contribution in [0.3, 0.4) is 0 Å². The molecule has 0 saturated heterocycles. The fourth-order valence-corrected chi connectivity index (χ4v) is 2.47. The SMILES string of the molecule is O=C(CCl)c1ccc(-c2ccc(SC(F)(F)F)cc2)cc1. The van der Waals surface area contributed by atoms with Crippen LogP contribution in [-0.4, -0.2) is 17.2 Å². The summed E-state index contributed by atoms with van der Waals surface area (Å²) < 4.78 is 36.7. The summed E-state index contributed by atoms with van der Waals surface area (Å²) in [7, 11) is 0. The molecule has 110 valence electrons. The number of Topliss-reactive ketones (excluding diaryl/α,β-unsaturated/α-hetero) is 1. The van der Waals surface area contributed by atoms with Gasteiger partial charge in [-0.1, -0.05) is 36.4 Å². The first-order valence-corrected chi connectivity index (χ1v) is 7.29. The summed E-state index contributed by atoms with van der Waals surface area (Å²) in [5.41, 5.74) is -2.17. The molecular formula is C15H10ClF3OS. The molecule has 0 heterocycles. The van der Waals surface area contributed by atoms with Crippen LogP contribution in [0.5, 0.6) is 0 Å². The number of hydrogen-bond acceptors (Lipinski definition) is 2. The largest absolute Gasteiger partial charge is 0.446 e. The zero-order valence-electron chi connectivity index (χ0n) is 10.7. The molecule has 0 bridgehead atoms. The lowest BCUT2D eigenvalue weighted by atomic mass is 10.0. The topological polar surface area (TPSA) is 17.1 Å². The second-order valence-corrected chi connectivity index (χ2v) is 5.61. The van der Waals surface area contributed by atoms with Crippen LogP contribution in [0, 0.1) is 0 Å². The maximum Gasteiger partial charge on any atom is 0.446 e. The molecule has 21 heavy (non-hydrogen) atoms. The minimum Gasteiger partial charge on any atom is -0.293 e. The fraction of sp³-hybridized carbons (Fsp3) is 0.133. The van der Waals surface area contributed by atoms with Crippen LogP contribution in [-0.2, 0) is 0 Å². The molecule has 0 atom stereocenters. The van der Waals surface area contributed by atoms with E-state index in [1.165, 1.54) is 12.1 Å². The predicted molar refractivity (Wildman–Crippen MR) is 78.8 cm³/mol. The summed E-state index contributed by atoms with van der Waals surface area (Å²) in [6.45, 7) is 0. The fourth-order valence-electron chi connectivity index (χ4n) is 1.77. The Bertz CT molecular complexity index is 621. The quantitative estimate of drug-likeness (QED) is 0.425. The van der Waals surface area contributed by atoms with E-state index in [0.29, 0.717) is 5.56 Å². The third kappa shape index (κ3) is 4.51. The highest BCUT2D eigenvalue weighted by molar-refractivity contribution is 8.00. The molecule has 0 N–H and O–H groups in total. The first-order valence-electron chi connectivity index (χ1n) is 5.94. The van der Waals surface area contributed by atoms with Gasteiger partial charge < -0.3 is 0 Å². The van der Waals surface area contributed by atoms with Gasteiger partial charge in [0.25, 0.3) is 0 Å². The summed E-state index contributed by atoms with van der Waals surface area (Å²) in [4.78, 5) is 11.5. The Kier molecular flexibility index (Phi) is 4.96. The molecular weight excluding hydrogens is 321 g/mol. The van der Waals surface area contributed by atoms with Crippen LogP contribution in [0.1, 0.15) is 10.4 Å². The van der Waals surface area contributed by atoms with E-state index in [9.17, 15) is 18.0 Å². The maximum atomic E-state index is 12.2. The number of thioether (sulfide) groups is 1. The van der Waals surface area contributed by atoms with Gasteiger partial charge in [0.15, 0.2) is 5.78 Å². The van der Waals surface area contributed by atoms with E-state index in [-0.39, 0.29) is 28.3 Å².